The van der Waals surface area contributed by atoms with Crippen molar-refractivity contribution in [3.05, 3.63) is 29.0 Å². The molecule has 4 aliphatic rings. The van der Waals surface area contributed by atoms with E-state index in [0.29, 0.717) is 37.4 Å². The summed E-state index contributed by atoms with van der Waals surface area (Å²) in [6, 6.07) is 3.87. The van der Waals surface area contributed by atoms with E-state index in [1.54, 1.807) is 16.5 Å². The minimum atomic E-state index is -0.467. The van der Waals surface area contributed by atoms with Crippen LogP contribution in [-0.4, -0.2) is 56.7 Å². The molecule has 2 bridgehead atoms. The molecule has 2 amide bonds. The van der Waals surface area contributed by atoms with Gasteiger partial charge in [-0.05, 0) is 67.6 Å². The molecule has 2 aliphatic heterocycles. The third kappa shape index (κ3) is 4.80. The lowest BCUT2D eigenvalue weighted by molar-refractivity contribution is -0.139. The van der Waals surface area contributed by atoms with Gasteiger partial charge in [0.25, 0.3) is 0 Å². The van der Waals surface area contributed by atoms with Crippen molar-refractivity contribution in [1.82, 2.24) is 20.0 Å². The maximum Gasteiger partial charge on any atom is 0.245 e. The Morgan fingerprint density at radius 2 is 1.92 bits per heavy atom. The number of rotatable bonds is 4. The quantitative estimate of drug-likeness (QED) is 0.591. The Balaban J connectivity index is 1.42. The Morgan fingerprint density at radius 3 is 2.64 bits per heavy atom. The molecule has 8 nitrogen and oxygen atoms in total. The average molecular weight is 533 g/mol. The Hall–Kier alpha value is -3.03. The first-order chi connectivity index (χ1) is 18.7. The highest BCUT2D eigenvalue weighted by Gasteiger charge is 2.66. The first kappa shape index (κ1) is 26.2. The number of benzene rings is 1. The van der Waals surface area contributed by atoms with Crippen LogP contribution in [0.4, 0.5) is 0 Å². The van der Waals surface area contributed by atoms with Crippen LogP contribution in [-0.2, 0) is 27.3 Å². The van der Waals surface area contributed by atoms with Crippen LogP contribution in [0.1, 0.15) is 106 Å². The molecule has 0 unspecified atom stereocenters. The minimum Gasteiger partial charge on any atom is -0.355 e. The Morgan fingerprint density at radius 1 is 1.13 bits per heavy atom. The van der Waals surface area contributed by atoms with Crippen LogP contribution in [0.25, 0.3) is 10.9 Å². The first-order valence-corrected chi connectivity index (χ1v) is 14.9. The summed E-state index contributed by atoms with van der Waals surface area (Å²) in [5.74, 6) is 0.716. The number of ketones is 2. The molecule has 2 aromatic rings. The number of carbonyl (C=O) groups is 4. The molecule has 6 rings (SSSR count). The standard InChI is InChI=1S/C31H40N4O4/c1-4-25(37)24-14-31-15-26(31)35(24)28(39)16-34-30-21(8-6-5-7-18(2)11-27(38)32-17-31)12-22(20-9-10-20)13-23(30)29(33-34)19(3)36/h12-13,18,20,24,26H,4-11,14-17H2,1-3H3,(H,32,38)/t18-,24-,26+,31-/m0/s1. The molecule has 0 radical (unpaired) electrons. The highest BCUT2D eigenvalue weighted by Crippen LogP contribution is 2.59. The van der Waals surface area contributed by atoms with Gasteiger partial charge in [0.05, 0.1) is 11.6 Å². The van der Waals surface area contributed by atoms with Crippen molar-refractivity contribution in [3.8, 4) is 0 Å². The largest absolute Gasteiger partial charge is 0.355 e. The van der Waals surface area contributed by atoms with Crippen LogP contribution >= 0.6 is 0 Å². The normalized spacial score (nSPS) is 29.6. The van der Waals surface area contributed by atoms with Crippen molar-refractivity contribution >= 4 is 34.3 Å². The highest BCUT2D eigenvalue weighted by molar-refractivity contribution is 6.06. The van der Waals surface area contributed by atoms with Crippen LogP contribution in [0, 0.1) is 11.3 Å². The predicted molar refractivity (Wildman–Crippen MR) is 147 cm³/mol. The monoisotopic (exact) mass is 532 g/mol. The molecule has 1 N–H and O–H groups in total. The third-order valence-electron chi connectivity index (χ3n) is 9.60. The molecule has 0 spiro atoms. The van der Waals surface area contributed by atoms with E-state index in [9.17, 15) is 19.2 Å². The summed E-state index contributed by atoms with van der Waals surface area (Å²) in [6.45, 7) is 6.03. The summed E-state index contributed by atoms with van der Waals surface area (Å²) in [5, 5.41) is 8.70. The lowest BCUT2D eigenvalue weighted by atomic mass is 9.94. The van der Waals surface area contributed by atoms with E-state index >= 15 is 0 Å². The molecular weight excluding hydrogens is 492 g/mol. The van der Waals surface area contributed by atoms with E-state index in [4.69, 9.17) is 5.10 Å². The number of nitrogens with zero attached hydrogens (tertiary/aromatic N) is 3. The minimum absolute atomic E-state index is 0.00300. The van der Waals surface area contributed by atoms with Crippen LogP contribution in [0.2, 0.25) is 0 Å². The number of carbonyl (C=O) groups excluding carboxylic acids is 4. The van der Waals surface area contributed by atoms with Gasteiger partial charge in [0, 0.05) is 43.2 Å². The number of amides is 2. The SMILES string of the molecule is CCC(=O)[C@@H]1C[C@]23CNC(=O)C[C@@H](C)CCCCc4cc(C5CC5)cc5c(C(C)=O)nn(c45)CC(=O)N1[C@@H]2C3. The lowest BCUT2D eigenvalue weighted by Gasteiger charge is -2.26. The van der Waals surface area contributed by atoms with Crippen LogP contribution < -0.4 is 5.32 Å². The first-order valence-electron chi connectivity index (χ1n) is 14.9. The maximum absolute atomic E-state index is 13.9. The second kappa shape index (κ2) is 9.86. The van der Waals surface area contributed by atoms with Crippen LogP contribution in [0.5, 0.6) is 0 Å². The smallest absolute Gasteiger partial charge is 0.245 e. The zero-order valence-corrected chi connectivity index (χ0v) is 23.4. The summed E-state index contributed by atoms with van der Waals surface area (Å²) < 4.78 is 1.73. The number of Topliss-reactive ketones (excluding diaryl/α,β-unsaturated/α-hetero) is 2. The van der Waals surface area contributed by atoms with Crippen molar-refractivity contribution in [2.45, 2.75) is 110 Å². The van der Waals surface area contributed by atoms with Crippen LogP contribution in [0.3, 0.4) is 0 Å². The fraction of sp³-hybridized carbons (Fsp3) is 0.645. The molecule has 3 heterocycles. The van der Waals surface area contributed by atoms with E-state index in [-0.39, 0.29) is 47.3 Å². The van der Waals surface area contributed by atoms with Crippen molar-refractivity contribution < 1.29 is 19.2 Å². The summed E-state index contributed by atoms with van der Waals surface area (Å²) in [7, 11) is 0. The molecule has 1 aromatic heterocycles. The second-order valence-electron chi connectivity index (χ2n) is 12.7. The molecule has 3 fully saturated rings. The number of aryl methyl sites for hydroxylation is 1. The van der Waals surface area contributed by atoms with E-state index in [0.717, 1.165) is 61.4 Å². The molecule has 2 aliphatic carbocycles. The zero-order chi connectivity index (χ0) is 27.5. The molecule has 8 heteroatoms. The fourth-order valence-corrected chi connectivity index (χ4v) is 7.18. The topological polar surface area (TPSA) is 101 Å². The van der Waals surface area contributed by atoms with Gasteiger partial charge >= 0.3 is 0 Å². The van der Waals surface area contributed by atoms with E-state index in [1.165, 1.54) is 5.56 Å². The second-order valence-corrected chi connectivity index (χ2v) is 12.7. The summed E-state index contributed by atoms with van der Waals surface area (Å²) in [6.07, 6.45) is 8.38. The lowest BCUT2D eigenvalue weighted by Crippen LogP contribution is -2.44. The van der Waals surface area contributed by atoms with Gasteiger partial charge in [0.2, 0.25) is 11.8 Å². The molecule has 1 saturated heterocycles. The number of piperidine rings is 1. The van der Waals surface area contributed by atoms with Crippen molar-refractivity contribution in [3.63, 3.8) is 0 Å². The highest BCUT2D eigenvalue weighted by atomic mass is 16.2. The molecule has 2 saturated carbocycles. The summed E-state index contributed by atoms with van der Waals surface area (Å²) in [5.41, 5.74) is 3.49. The third-order valence-corrected chi connectivity index (χ3v) is 9.60. The number of hydrogen-bond donors (Lipinski definition) is 1. The summed E-state index contributed by atoms with van der Waals surface area (Å²) in [4.78, 5) is 54.2. The van der Waals surface area contributed by atoms with Gasteiger partial charge in [0.15, 0.2) is 11.6 Å². The predicted octanol–water partition coefficient (Wildman–Crippen LogP) is 4.32. The fourth-order valence-electron chi connectivity index (χ4n) is 7.18. The molecular formula is C31H40N4O4. The van der Waals surface area contributed by atoms with Gasteiger partial charge in [-0.2, -0.15) is 5.10 Å². The average Bonchev–Trinajstić information content (AvgIpc) is 3.81. The van der Waals surface area contributed by atoms with Gasteiger partial charge in [-0.15, -0.1) is 0 Å². The van der Waals surface area contributed by atoms with E-state index in [2.05, 4.69) is 24.4 Å². The Labute approximate surface area is 229 Å². The maximum atomic E-state index is 13.9. The van der Waals surface area contributed by atoms with Crippen molar-refractivity contribution in [2.24, 2.45) is 11.3 Å². The molecule has 208 valence electrons. The van der Waals surface area contributed by atoms with Crippen molar-refractivity contribution in [1.29, 1.82) is 0 Å². The molecule has 4 atom stereocenters. The zero-order valence-electron chi connectivity index (χ0n) is 23.4. The van der Waals surface area contributed by atoms with Gasteiger partial charge in [-0.3, -0.25) is 23.9 Å². The molecule has 39 heavy (non-hydrogen) atoms. The van der Waals surface area contributed by atoms with Gasteiger partial charge in [0.1, 0.15) is 12.2 Å². The number of nitrogens with one attached hydrogen (secondary N) is 1. The van der Waals surface area contributed by atoms with Gasteiger partial charge in [-0.25, -0.2) is 0 Å². The summed E-state index contributed by atoms with van der Waals surface area (Å²) >= 11 is 0. The van der Waals surface area contributed by atoms with E-state index in [1.807, 2.05) is 6.92 Å². The van der Waals surface area contributed by atoms with Crippen LogP contribution in [0.15, 0.2) is 12.1 Å². The van der Waals surface area contributed by atoms with Gasteiger partial charge < -0.3 is 10.2 Å². The van der Waals surface area contributed by atoms with Gasteiger partial charge in [-0.1, -0.05) is 32.8 Å². The Kier molecular flexibility index (Phi) is 6.63. The Bertz CT molecular complexity index is 1360. The molecule has 1 aromatic carbocycles. The number of aromatic nitrogens is 2. The van der Waals surface area contributed by atoms with Crippen molar-refractivity contribution in [2.75, 3.05) is 6.54 Å². The van der Waals surface area contributed by atoms with E-state index < -0.39 is 6.04 Å². The number of hydrogen-bond acceptors (Lipinski definition) is 5.